The molecule has 3 heterocycles. The summed E-state index contributed by atoms with van der Waals surface area (Å²) in [7, 11) is 1.99. The predicted octanol–water partition coefficient (Wildman–Crippen LogP) is 3.76. The number of carbonyl (C=O) groups is 1. The Morgan fingerprint density at radius 1 is 1.31 bits per heavy atom. The minimum atomic E-state index is -0.773. The quantitative estimate of drug-likeness (QED) is 0.798. The Bertz CT molecular complexity index is 952. The number of benzene rings is 1. The molecule has 2 N–H and O–H groups in total. The molecule has 1 aromatic heterocycles. The van der Waals surface area contributed by atoms with E-state index in [1.54, 1.807) is 18.0 Å². The number of carboxylic acids is 1. The summed E-state index contributed by atoms with van der Waals surface area (Å²) < 4.78 is 0. The van der Waals surface area contributed by atoms with Crippen molar-refractivity contribution in [3.63, 3.8) is 0 Å². The van der Waals surface area contributed by atoms with Crippen LogP contribution in [0.3, 0.4) is 0 Å². The molecule has 7 heteroatoms. The standard InChI is InChI=1S/C22H26N4O2S/c1-12-7-8-13-9-23-10-14(12)18(13)19(22(27)28)15-11-24-20-21(25-15)29-17-6-4-3-5-16(17)26(20)2/h3-6,11-14,18-19,23H,7-10H2,1-2H3,(H,27,28). The number of anilines is 2. The van der Waals surface area contributed by atoms with Crippen molar-refractivity contribution >= 4 is 29.2 Å². The monoisotopic (exact) mass is 410 g/mol. The SMILES string of the molecule is CC1CCC2CNCC1C2C(C(=O)O)c1cnc2c(n1)Sc1ccccc1N2C. The summed E-state index contributed by atoms with van der Waals surface area (Å²) in [5.74, 6) is 0.825. The lowest BCUT2D eigenvalue weighted by Gasteiger charge is -2.48. The van der Waals surface area contributed by atoms with Gasteiger partial charge in [-0.15, -0.1) is 0 Å². The molecular formula is C22H26N4O2S. The van der Waals surface area contributed by atoms with Gasteiger partial charge in [0.1, 0.15) is 10.9 Å². The Labute approximate surface area is 175 Å². The number of nitrogens with one attached hydrogen (secondary N) is 1. The largest absolute Gasteiger partial charge is 0.481 e. The zero-order valence-electron chi connectivity index (χ0n) is 16.7. The number of nitrogens with zero attached hydrogens (tertiary/aromatic N) is 3. The Hall–Kier alpha value is -2.12. The maximum atomic E-state index is 12.5. The zero-order chi connectivity index (χ0) is 20.1. The summed E-state index contributed by atoms with van der Waals surface area (Å²) in [4.78, 5) is 25.2. The number of aliphatic carboxylic acids is 1. The van der Waals surface area contributed by atoms with Gasteiger partial charge in [-0.05, 0) is 55.3 Å². The molecule has 152 valence electrons. The molecule has 5 rings (SSSR count). The van der Waals surface area contributed by atoms with Crippen molar-refractivity contribution in [3.8, 4) is 0 Å². The third-order valence-corrected chi connectivity index (χ3v) is 8.04. The maximum Gasteiger partial charge on any atom is 0.312 e. The second kappa shape index (κ2) is 7.29. The number of rotatable bonds is 3. The Morgan fingerprint density at radius 3 is 2.97 bits per heavy atom. The number of hydrogen-bond donors (Lipinski definition) is 2. The number of piperidine rings is 1. The van der Waals surface area contributed by atoms with Crippen molar-refractivity contribution in [3.05, 3.63) is 36.2 Å². The summed E-state index contributed by atoms with van der Waals surface area (Å²) in [6.07, 6.45) is 3.97. The topological polar surface area (TPSA) is 78.3 Å². The molecule has 3 aliphatic rings. The van der Waals surface area contributed by atoms with Gasteiger partial charge in [0, 0.05) is 11.9 Å². The normalized spacial score (nSPS) is 29.0. The summed E-state index contributed by atoms with van der Waals surface area (Å²) in [6, 6.07) is 8.17. The third-order valence-electron chi connectivity index (χ3n) is 7.01. The van der Waals surface area contributed by atoms with Crippen LogP contribution in [0.1, 0.15) is 31.4 Å². The summed E-state index contributed by atoms with van der Waals surface area (Å²) in [5.41, 5.74) is 1.70. The van der Waals surface area contributed by atoms with Gasteiger partial charge in [-0.3, -0.25) is 4.79 Å². The van der Waals surface area contributed by atoms with Crippen molar-refractivity contribution in [2.45, 2.75) is 35.6 Å². The van der Waals surface area contributed by atoms with Crippen LogP contribution in [0.2, 0.25) is 0 Å². The van der Waals surface area contributed by atoms with E-state index in [-0.39, 0.29) is 5.92 Å². The van der Waals surface area contributed by atoms with Crippen LogP contribution in [-0.4, -0.2) is 41.2 Å². The molecule has 5 unspecified atom stereocenters. The van der Waals surface area contributed by atoms with Gasteiger partial charge < -0.3 is 15.3 Å². The predicted molar refractivity (Wildman–Crippen MR) is 113 cm³/mol. The molecule has 0 spiro atoms. The van der Waals surface area contributed by atoms with Gasteiger partial charge in [-0.2, -0.15) is 0 Å². The molecule has 6 nitrogen and oxygen atoms in total. The van der Waals surface area contributed by atoms with Gasteiger partial charge in [-0.25, -0.2) is 9.97 Å². The molecule has 2 bridgehead atoms. The van der Waals surface area contributed by atoms with Crippen LogP contribution in [0, 0.1) is 23.7 Å². The van der Waals surface area contributed by atoms with Gasteiger partial charge in [-0.1, -0.05) is 37.2 Å². The molecule has 1 aliphatic carbocycles. The molecule has 0 amide bonds. The molecule has 5 atom stereocenters. The van der Waals surface area contributed by atoms with E-state index < -0.39 is 11.9 Å². The van der Waals surface area contributed by atoms with Crippen LogP contribution in [0.5, 0.6) is 0 Å². The molecule has 1 saturated heterocycles. The van der Waals surface area contributed by atoms with E-state index in [2.05, 4.69) is 29.4 Å². The second-order valence-electron chi connectivity index (χ2n) is 8.58. The van der Waals surface area contributed by atoms with Crippen molar-refractivity contribution in [1.29, 1.82) is 0 Å². The van der Waals surface area contributed by atoms with Crippen LogP contribution in [-0.2, 0) is 4.79 Å². The summed E-state index contributed by atoms with van der Waals surface area (Å²) >= 11 is 1.58. The number of aromatic nitrogens is 2. The lowest BCUT2D eigenvalue weighted by molar-refractivity contribution is -0.143. The lowest BCUT2D eigenvalue weighted by atomic mass is 9.60. The molecule has 2 aliphatic heterocycles. The van der Waals surface area contributed by atoms with Gasteiger partial charge in [0.15, 0.2) is 5.82 Å². The maximum absolute atomic E-state index is 12.5. The van der Waals surface area contributed by atoms with Crippen LogP contribution in [0.15, 0.2) is 40.4 Å². The van der Waals surface area contributed by atoms with E-state index in [1.165, 1.54) is 6.42 Å². The van der Waals surface area contributed by atoms with Crippen LogP contribution < -0.4 is 10.2 Å². The zero-order valence-corrected chi connectivity index (χ0v) is 17.5. The van der Waals surface area contributed by atoms with Gasteiger partial charge in [0.05, 0.1) is 17.6 Å². The fourth-order valence-corrected chi connectivity index (χ4v) is 6.59. The highest BCUT2D eigenvalue weighted by molar-refractivity contribution is 7.99. The third kappa shape index (κ3) is 3.11. The number of para-hydroxylation sites is 1. The average Bonchev–Trinajstić information content (AvgIpc) is 2.71. The number of hydrogen-bond acceptors (Lipinski definition) is 6. The van der Waals surface area contributed by atoms with Crippen LogP contribution in [0.25, 0.3) is 0 Å². The first kappa shape index (κ1) is 18.9. The first-order chi connectivity index (χ1) is 14.0. The van der Waals surface area contributed by atoms with E-state index in [9.17, 15) is 9.90 Å². The molecule has 2 fully saturated rings. The molecular weight excluding hydrogens is 384 g/mol. The van der Waals surface area contributed by atoms with Crippen molar-refractivity contribution < 1.29 is 9.90 Å². The smallest absolute Gasteiger partial charge is 0.312 e. The van der Waals surface area contributed by atoms with E-state index in [4.69, 9.17) is 4.98 Å². The van der Waals surface area contributed by atoms with E-state index >= 15 is 0 Å². The highest BCUT2D eigenvalue weighted by Gasteiger charge is 2.47. The average molecular weight is 411 g/mol. The second-order valence-corrected chi connectivity index (χ2v) is 9.61. The number of fused-ring (bicyclic) bond motifs is 4. The minimum Gasteiger partial charge on any atom is -0.481 e. The minimum absolute atomic E-state index is 0.114. The highest BCUT2D eigenvalue weighted by Crippen LogP contribution is 2.49. The molecule has 0 radical (unpaired) electrons. The van der Waals surface area contributed by atoms with Gasteiger partial charge >= 0.3 is 5.97 Å². The Morgan fingerprint density at radius 2 is 2.14 bits per heavy atom. The van der Waals surface area contributed by atoms with Crippen LogP contribution >= 0.6 is 11.8 Å². The van der Waals surface area contributed by atoms with Crippen molar-refractivity contribution in [2.24, 2.45) is 23.7 Å². The summed E-state index contributed by atoms with van der Waals surface area (Å²) in [6.45, 7) is 4.07. The first-order valence-corrected chi connectivity index (χ1v) is 11.2. The summed E-state index contributed by atoms with van der Waals surface area (Å²) in [5, 5.41) is 14.5. The van der Waals surface area contributed by atoms with E-state index in [0.717, 1.165) is 40.9 Å². The molecule has 2 aromatic rings. The lowest BCUT2D eigenvalue weighted by Crippen LogP contribution is -2.52. The molecule has 1 aromatic carbocycles. The highest BCUT2D eigenvalue weighted by atomic mass is 32.2. The fraction of sp³-hybridized carbons (Fsp3) is 0.500. The van der Waals surface area contributed by atoms with E-state index in [0.29, 0.717) is 23.4 Å². The Kier molecular flexibility index (Phi) is 4.75. The van der Waals surface area contributed by atoms with Crippen molar-refractivity contribution in [2.75, 3.05) is 25.0 Å². The van der Waals surface area contributed by atoms with E-state index in [1.807, 2.05) is 24.1 Å². The number of carboxylic acid groups (broad SMARTS) is 1. The van der Waals surface area contributed by atoms with Gasteiger partial charge in [0.2, 0.25) is 0 Å². The van der Waals surface area contributed by atoms with Crippen molar-refractivity contribution in [1.82, 2.24) is 15.3 Å². The Balaban J connectivity index is 1.54. The molecule has 1 saturated carbocycles. The van der Waals surface area contributed by atoms with Crippen LogP contribution in [0.4, 0.5) is 11.5 Å². The fourth-order valence-electron chi connectivity index (χ4n) is 5.50. The molecule has 29 heavy (non-hydrogen) atoms. The van der Waals surface area contributed by atoms with Gasteiger partial charge in [0.25, 0.3) is 0 Å². The first-order valence-electron chi connectivity index (χ1n) is 10.4.